The molecule has 0 bridgehead atoms. The molecule has 0 aliphatic carbocycles. The molecule has 0 spiro atoms. The van der Waals surface area contributed by atoms with Crippen molar-refractivity contribution in [3.05, 3.63) is 33.8 Å². The highest BCUT2D eigenvalue weighted by Gasteiger charge is 2.32. The molecule has 3 N–H and O–H groups in total. The third kappa shape index (κ3) is 4.63. The highest BCUT2D eigenvalue weighted by atomic mass is 79.9. The lowest BCUT2D eigenvalue weighted by Crippen LogP contribution is -2.26. The molecule has 1 unspecified atom stereocenters. The first-order valence-electron chi connectivity index (χ1n) is 6.20. The minimum atomic E-state index is -1.06. The van der Waals surface area contributed by atoms with Crippen molar-refractivity contribution in [1.82, 2.24) is 5.32 Å². The van der Waals surface area contributed by atoms with E-state index in [1.807, 2.05) is 0 Å². The number of carboxylic acids is 2. The van der Waals surface area contributed by atoms with Crippen molar-refractivity contribution in [1.29, 1.82) is 0 Å². The number of amides is 1. The number of nitrogens with one attached hydrogen (secondary N) is 1. The van der Waals surface area contributed by atoms with Crippen molar-refractivity contribution in [2.45, 2.75) is 11.7 Å². The number of benzene rings is 1. The third-order valence-electron chi connectivity index (χ3n) is 2.72. The van der Waals surface area contributed by atoms with Crippen LogP contribution in [0.2, 0.25) is 0 Å². The fourth-order valence-corrected chi connectivity index (χ4v) is 3.16. The zero-order chi connectivity index (χ0) is 17.0. The average Bonchev–Trinajstić information content (AvgIpc) is 2.78. The van der Waals surface area contributed by atoms with Crippen molar-refractivity contribution in [2.75, 3.05) is 0 Å². The van der Waals surface area contributed by atoms with Gasteiger partial charge < -0.3 is 15.5 Å². The minimum absolute atomic E-state index is 0.128. The summed E-state index contributed by atoms with van der Waals surface area (Å²) in [6.45, 7) is 0. The molecule has 0 radical (unpaired) electrons. The highest BCUT2D eigenvalue weighted by Crippen LogP contribution is 2.22. The molecule has 1 saturated heterocycles. The van der Waals surface area contributed by atoms with Crippen molar-refractivity contribution in [2.24, 2.45) is 10.2 Å². The van der Waals surface area contributed by atoms with Crippen molar-refractivity contribution < 1.29 is 24.6 Å². The summed E-state index contributed by atoms with van der Waals surface area (Å²) in [5.74, 6) is -2.53. The number of amidine groups is 1. The van der Waals surface area contributed by atoms with E-state index in [4.69, 9.17) is 10.2 Å². The summed E-state index contributed by atoms with van der Waals surface area (Å²) in [4.78, 5) is 33.0. The Morgan fingerprint density at radius 1 is 1.39 bits per heavy atom. The molecule has 1 aliphatic rings. The Labute approximate surface area is 142 Å². The van der Waals surface area contributed by atoms with Crippen LogP contribution in [0.25, 0.3) is 0 Å². The summed E-state index contributed by atoms with van der Waals surface area (Å²) in [5.41, 5.74) is 0.742. The molecule has 120 valence electrons. The summed E-state index contributed by atoms with van der Waals surface area (Å²) in [6, 6.07) is 4.56. The molecule has 1 aliphatic heterocycles. The van der Waals surface area contributed by atoms with Gasteiger partial charge >= 0.3 is 11.9 Å². The van der Waals surface area contributed by atoms with Gasteiger partial charge in [-0.2, -0.15) is 5.10 Å². The zero-order valence-corrected chi connectivity index (χ0v) is 13.8. The lowest BCUT2D eigenvalue weighted by Gasteiger charge is -1.99. The molecular weight excluding hydrogens is 390 g/mol. The van der Waals surface area contributed by atoms with Crippen molar-refractivity contribution in [3.63, 3.8) is 0 Å². The molecule has 23 heavy (non-hydrogen) atoms. The normalized spacial score (nSPS) is 19.3. The number of carbonyl (C=O) groups is 3. The van der Waals surface area contributed by atoms with E-state index in [9.17, 15) is 14.4 Å². The van der Waals surface area contributed by atoms with E-state index in [0.29, 0.717) is 10.0 Å². The Morgan fingerprint density at radius 3 is 2.74 bits per heavy atom. The lowest BCUT2D eigenvalue weighted by atomic mass is 10.1. The molecular formula is C13H10BrN3O5S. The van der Waals surface area contributed by atoms with Gasteiger partial charge in [0.25, 0.3) is 0 Å². The summed E-state index contributed by atoms with van der Waals surface area (Å²) in [5, 5.41) is 27.1. The van der Waals surface area contributed by atoms with E-state index in [0.717, 1.165) is 11.8 Å². The van der Waals surface area contributed by atoms with Gasteiger partial charge in [-0.05, 0) is 33.6 Å². The van der Waals surface area contributed by atoms with Crippen LogP contribution in [-0.2, 0) is 9.59 Å². The minimum Gasteiger partial charge on any atom is -0.481 e. The van der Waals surface area contributed by atoms with Gasteiger partial charge in [0.15, 0.2) is 5.17 Å². The second-order valence-corrected chi connectivity index (χ2v) is 6.43. The fraction of sp³-hybridized carbons (Fsp3) is 0.154. The predicted molar refractivity (Wildman–Crippen MR) is 87.9 cm³/mol. The second-order valence-electron chi connectivity index (χ2n) is 4.39. The molecule has 0 aromatic heterocycles. The molecule has 8 nitrogen and oxygen atoms in total. The van der Waals surface area contributed by atoms with E-state index >= 15 is 0 Å². The van der Waals surface area contributed by atoms with Gasteiger partial charge in [-0.25, -0.2) is 4.79 Å². The largest absolute Gasteiger partial charge is 0.481 e. The van der Waals surface area contributed by atoms with E-state index in [2.05, 4.69) is 31.4 Å². The van der Waals surface area contributed by atoms with Crippen LogP contribution in [0.3, 0.4) is 0 Å². The van der Waals surface area contributed by atoms with Crippen LogP contribution in [0.15, 0.2) is 32.9 Å². The Bertz CT molecular complexity index is 734. The van der Waals surface area contributed by atoms with E-state index < -0.39 is 23.1 Å². The third-order valence-corrected chi connectivity index (χ3v) is 4.44. The average molecular weight is 400 g/mol. The van der Waals surface area contributed by atoms with Crippen LogP contribution in [0.4, 0.5) is 0 Å². The number of aromatic carboxylic acids is 1. The molecule has 0 saturated carbocycles. The zero-order valence-electron chi connectivity index (χ0n) is 11.4. The quantitative estimate of drug-likeness (QED) is 0.508. The number of carboxylic acid groups (broad SMARTS) is 2. The van der Waals surface area contributed by atoms with E-state index in [1.165, 1.54) is 12.3 Å². The number of carbonyl (C=O) groups excluding carboxylic acids is 1. The van der Waals surface area contributed by atoms with Crippen LogP contribution in [0, 0.1) is 0 Å². The smallest absolute Gasteiger partial charge is 0.336 e. The van der Waals surface area contributed by atoms with E-state index in [-0.39, 0.29) is 17.2 Å². The maximum Gasteiger partial charge on any atom is 0.336 e. The van der Waals surface area contributed by atoms with Crippen molar-refractivity contribution in [3.8, 4) is 0 Å². The first-order chi connectivity index (χ1) is 10.9. The standard InChI is InChI=1S/C13H10BrN3O5S/c14-8-3-6(1-2-7(8)12(21)22)5-15-17-13-16-11(20)9(23-13)4-10(18)19/h1-3,5,9H,4H2,(H,18,19)(H,21,22)(H,16,17,20). The predicted octanol–water partition coefficient (Wildman–Crippen LogP) is 1.54. The second kappa shape index (κ2) is 7.38. The highest BCUT2D eigenvalue weighted by molar-refractivity contribution is 9.10. The number of halogens is 1. The summed E-state index contributed by atoms with van der Waals surface area (Å²) < 4.78 is 0.409. The molecule has 1 amide bonds. The first-order valence-corrected chi connectivity index (χ1v) is 7.87. The number of thioether (sulfide) groups is 1. The van der Waals surface area contributed by atoms with Gasteiger partial charge in [0.2, 0.25) is 5.91 Å². The number of rotatable bonds is 5. The first kappa shape index (κ1) is 17.2. The van der Waals surface area contributed by atoms with Gasteiger partial charge in [0.1, 0.15) is 5.25 Å². The number of aliphatic carboxylic acids is 1. The van der Waals surface area contributed by atoms with Gasteiger partial charge in [-0.3, -0.25) is 9.59 Å². The van der Waals surface area contributed by atoms with Crippen LogP contribution in [0.1, 0.15) is 22.3 Å². The number of hydrogen-bond acceptors (Lipinski definition) is 6. The maximum absolute atomic E-state index is 11.5. The van der Waals surface area contributed by atoms with Crippen molar-refractivity contribution >= 4 is 56.9 Å². The molecule has 1 fully saturated rings. The van der Waals surface area contributed by atoms with Crippen LogP contribution in [-0.4, -0.2) is 44.7 Å². The van der Waals surface area contributed by atoms with Gasteiger partial charge in [0.05, 0.1) is 18.2 Å². The molecule has 1 aromatic rings. The van der Waals surface area contributed by atoms with Gasteiger partial charge in [0, 0.05) is 4.47 Å². The Kier molecular flexibility index (Phi) is 5.50. The summed E-state index contributed by atoms with van der Waals surface area (Å²) in [7, 11) is 0. The molecule has 1 aromatic carbocycles. The van der Waals surface area contributed by atoms with Gasteiger partial charge in [-0.15, -0.1) is 5.10 Å². The molecule has 10 heteroatoms. The topological polar surface area (TPSA) is 128 Å². The van der Waals surface area contributed by atoms with E-state index in [1.54, 1.807) is 12.1 Å². The molecule has 2 rings (SSSR count). The maximum atomic E-state index is 11.5. The Morgan fingerprint density at radius 2 is 2.13 bits per heavy atom. The fourth-order valence-electron chi connectivity index (χ4n) is 1.68. The monoisotopic (exact) mass is 399 g/mol. The van der Waals surface area contributed by atoms with Crippen LogP contribution >= 0.6 is 27.7 Å². The van der Waals surface area contributed by atoms with Gasteiger partial charge in [-0.1, -0.05) is 17.8 Å². The Balaban J connectivity index is 2.04. The van der Waals surface area contributed by atoms with Crippen LogP contribution < -0.4 is 5.32 Å². The molecule has 1 heterocycles. The SMILES string of the molecule is O=C(O)CC1SC(=NN=Cc2ccc(C(=O)O)c(Br)c2)NC1=O. The Hall–Kier alpha value is -2.20. The summed E-state index contributed by atoms with van der Waals surface area (Å²) >= 11 is 4.15. The lowest BCUT2D eigenvalue weighted by molar-refractivity contribution is -0.138. The number of nitrogens with zero attached hydrogens (tertiary/aromatic N) is 2. The van der Waals surface area contributed by atoms with Crippen LogP contribution in [0.5, 0.6) is 0 Å². The molecule has 1 atom stereocenters. The number of hydrogen-bond donors (Lipinski definition) is 3. The summed E-state index contributed by atoms with van der Waals surface area (Å²) in [6.07, 6.45) is 1.10.